The molecule has 0 spiro atoms. The highest BCUT2D eigenvalue weighted by Crippen LogP contribution is 2.24. The van der Waals surface area contributed by atoms with E-state index in [-0.39, 0.29) is 18.4 Å². The number of carbonyl (C=O) groups excluding carboxylic acids is 2. The van der Waals surface area contributed by atoms with Crippen molar-refractivity contribution in [2.75, 3.05) is 27.3 Å². The molecule has 1 aromatic heterocycles. The minimum atomic E-state index is -0.212. The Morgan fingerprint density at radius 2 is 1.60 bits per heavy atom. The van der Waals surface area contributed by atoms with Crippen LogP contribution in [-0.4, -0.2) is 48.9 Å². The van der Waals surface area contributed by atoms with Gasteiger partial charge in [0.15, 0.2) is 0 Å². The number of hydrogen-bond acceptors (Lipinski definition) is 5. The Morgan fingerprint density at radius 3 is 2.17 bits per heavy atom. The van der Waals surface area contributed by atoms with Crippen LogP contribution in [0.5, 0.6) is 11.5 Å². The zero-order chi connectivity index (χ0) is 25.2. The van der Waals surface area contributed by atoms with Crippen molar-refractivity contribution in [2.45, 2.75) is 39.8 Å². The number of ether oxygens (including phenoxy) is 2. The lowest BCUT2D eigenvalue weighted by Gasteiger charge is -2.28. The van der Waals surface area contributed by atoms with Crippen molar-refractivity contribution in [1.82, 2.24) is 9.80 Å². The molecular weight excluding hydrogens is 460 g/mol. The molecule has 0 saturated carbocycles. The number of nitrogens with zero attached hydrogens (tertiary/aromatic N) is 2. The van der Waals surface area contributed by atoms with Gasteiger partial charge in [-0.1, -0.05) is 43.7 Å². The summed E-state index contributed by atoms with van der Waals surface area (Å²) >= 11 is 1.65. The molecule has 0 radical (unpaired) electrons. The molecule has 0 unspecified atom stereocenters. The number of benzene rings is 2. The minimum absolute atomic E-state index is 0.00954. The van der Waals surface area contributed by atoms with Gasteiger partial charge in [0.1, 0.15) is 18.0 Å². The molecule has 186 valence electrons. The first kappa shape index (κ1) is 26.3. The van der Waals surface area contributed by atoms with Gasteiger partial charge in [-0.2, -0.15) is 0 Å². The topological polar surface area (TPSA) is 59.1 Å². The van der Waals surface area contributed by atoms with E-state index in [1.165, 1.54) is 5.56 Å². The van der Waals surface area contributed by atoms with Gasteiger partial charge in [-0.05, 0) is 48.1 Å². The van der Waals surface area contributed by atoms with E-state index in [2.05, 4.69) is 19.9 Å². The molecule has 0 N–H and O–H groups in total. The van der Waals surface area contributed by atoms with E-state index in [1.54, 1.807) is 48.7 Å². The van der Waals surface area contributed by atoms with Crippen molar-refractivity contribution >= 4 is 23.2 Å². The van der Waals surface area contributed by atoms with E-state index in [1.807, 2.05) is 40.6 Å². The number of carbonyl (C=O) groups is 2. The summed E-state index contributed by atoms with van der Waals surface area (Å²) < 4.78 is 10.7. The van der Waals surface area contributed by atoms with Crippen LogP contribution in [0.1, 0.15) is 46.1 Å². The molecule has 3 rings (SSSR count). The number of aryl methyl sites for hydroxylation is 1. The zero-order valence-electron chi connectivity index (χ0n) is 21.0. The molecule has 0 atom stereocenters. The Labute approximate surface area is 212 Å². The van der Waals surface area contributed by atoms with Gasteiger partial charge in [-0.15, -0.1) is 11.3 Å². The monoisotopic (exact) mass is 494 g/mol. The van der Waals surface area contributed by atoms with E-state index in [4.69, 9.17) is 9.47 Å². The molecular formula is C28H34N2O4S. The molecule has 0 aliphatic carbocycles. The summed E-state index contributed by atoms with van der Waals surface area (Å²) in [7, 11) is 3.10. The Kier molecular flexibility index (Phi) is 9.73. The largest absolute Gasteiger partial charge is 0.497 e. The molecule has 6 nitrogen and oxygen atoms in total. The lowest BCUT2D eigenvalue weighted by Crippen LogP contribution is -2.43. The smallest absolute Gasteiger partial charge is 0.254 e. The fourth-order valence-corrected chi connectivity index (χ4v) is 4.67. The van der Waals surface area contributed by atoms with Gasteiger partial charge in [-0.3, -0.25) is 9.59 Å². The van der Waals surface area contributed by atoms with Crippen LogP contribution in [0.15, 0.2) is 60.0 Å². The van der Waals surface area contributed by atoms with Gasteiger partial charge in [0.2, 0.25) is 5.91 Å². The second-order valence-electron chi connectivity index (χ2n) is 8.44. The Morgan fingerprint density at radius 1 is 0.914 bits per heavy atom. The van der Waals surface area contributed by atoms with Crippen molar-refractivity contribution in [3.05, 3.63) is 81.5 Å². The van der Waals surface area contributed by atoms with Crippen LogP contribution in [0, 0.1) is 6.92 Å². The van der Waals surface area contributed by atoms with Gasteiger partial charge in [0.25, 0.3) is 5.91 Å². The second kappa shape index (κ2) is 13.0. The maximum absolute atomic E-state index is 13.6. The highest BCUT2D eigenvalue weighted by Gasteiger charge is 2.24. The summed E-state index contributed by atoms with van der Waals surface area (Å²) in [5, 5.41) is 2.04. The molecule has 35 heavy (non-hydrogen) atoms. The number of unbranched alkanes of at least 4 members (excludes halogenated alkanes) is 1. The van der Waals surface area contributed by atoms with Crippen LogP contribution >= 0.6 is 11.3 Å². The van der Waals surface area contributed by atoms with Gasteiger partial charge in [0.05, 0.1) is 20.8 Å². The fourth-order valence-electron chi connectivity index (χ4n) is 3.75. The number of thiophene rings is 1. The Balaban J connectivity index is 1.85. The predicted octanol–water partition coefficient (Wildman–Crippen LogP) is 5.55. The maximum Gasteiger partial charge on any atom is 0.254 e. The Bertz CT molecular complexity index is 1090. The SMILES string of the molecule is CCCCN(CC(=O)N(Cc1ccccc1)Cc1sccc1C)C(=O)c1cc(OC)cc(OC)c1. The molecule has 0 fully saturated rings. The highest BCUT2D eigenvalue weighted by atomic mass is 32.1. The summed E-state index contributed by atoms with van der Waals surface area (Å²) in [6, 6.07) is 17.1. The van der Waals surface area contributed by atoms with Crippen LogP contribution in [0.25, 0.3) is 0 Å². The van der Waals surface area contributed by atoms with Crippen molar-refractivity contribution in [2.24, 2.45) is 0 Å². The quantitative estimate of drug-likeness (QED) is 0.331. The number of rotatable bonds is 12. The molecule has 0 aliphatic rings. The fraction of sp³-hybridized carbons (Fsp3) is 0.357. The van der Waals surface area contributed by atoms with E-state index >= 15 is 0 Å². The number of amides is 2. The molecule has 7 heteroatoms. The van der Waals surface area contributed by atoms with Crippen LogP contribution < -0.4 is 9.47 Å². The van der Waals surface area contributed by atoms with E-state index in [0.29, 0.717) is 36.7 Å². The van der Waals surface area contributed by atoms with Crippen molar-refractivity contribution in [3.63, 3.8) is 0 Å². The third-order valence-electron chi connectivity index (χ3n) is 5.86. The van der Waals surface area contributed by atoms with Crippen molar-refractivity contribution in [1.29, 1.82) is 0 Å². The van der Waals surface area contributed by atoms with Crippen LogP contribution in [0.4, 0.5) is 0 Å². The summed E-state index contributed by atoms with van der Waals surface area (Å²) in [4.78, 5) is 31.8. The first-order valence-electron chi connectivity index (χ1n) is 11.8. The molecule has 0 saturated heterocycles. The average Bonchev–Trinajstić information content (AvgIpc) is 3.29. The van der Waals surface area contributed by atoms with Crippen LogP contribution in [0.3, 0.4) is 0 Å². The van der Waals surface area contributed by atoms with Crippen molar-refractivity contribution < 1.29 is 19.1 Å². The highest BCUT2D eigenvalue weighted by molar-refractivity contribution is 7.10. The van der Waals surface area contributed by atoms with Crippen molar-refractivity contribution in [3.8, 4) is 11.5 Å². The summed E-state index contributed by atoms with van der Waals surface area (Å²) in [6.07, 6.45) is 1.73. The number of methoxy groups -OCH3 is 2. The summed E-state index contributed by atoms with van der Waals surface area (Å²) in [5.41, 5.74) is 2.66. The van der Waals surface area contributed by atoms with Crippen LogP contribution in [0.2, 0.25) is 0 Å². The lowest BCUT2D eigenvalue weighted by atomic mass is 10.1. The van der Waals surface area contributed by atoms with E-state index < -0.39 is 0 Å². The van der Waals surface area contributed by atoms with Crippen LogP contribution in [-0.2, 0) is 17.9 Å². The average molecular weight is 495 g/mol. The maximum atomic E-state index is 13.6. The van der Waals surface area contributed by atoms with Gasteiger partial charge in [-0.25, -0.2) is 0 Å². The normalized spacial score (nSPS) is 10.6. The molecule has 1 heterocycles. The third kappa shape index (κ3) is 7.33. The van der Waals surface area contributed by atoms with Gasteiger partial charge in [0, 0.05) is 29.6 Å². The summed E-state index contributed by atoms with van der Waals surface area (Å²) in [6.45, 7) is 5.64. The second-order valence-corrected chi connectivity index (χ2v) is 9.44. The molecule has 2 aromatic carbocycles. The number of hydrogen-bond donors (Lipinski definition) is 0. The third-order valence-corrected chi connectivity index (χ3v) is 6.87. The zero-order valence-corrected chi connectivity index (χ0v) is 21.8. The van der Waals surface area contributed by atoms with E-state index in [9.17, 15) is 9.59 Å². The first-order valence-corrected chi connectivity index (χ1v) is 12.7. The first-order chi connectivity index (χ1) is 16.9. The standard InChI is InChI=1S/C28H34N2O4S/c1-5-6-13-29(28(32)23-15-24(33-3)17-25(16-23)34-4)20-27(31)30(18-22-10-8-7-9-11-22)19-26-21(2)12-14-35-26/h7-12,14-17H,5-6,13,18-20H2,1-4H3. The van der Waals surface area contributed by atoms with Gasteiger partial charge >= 0.3 is 0 Å². The lowest BCUT2D eigenvalue weighted by molar-refractivity contribution is -0.133. The Hall–Kier alpha value is -3.32. The molecule has 2 amide bonds. The molecule has 0 aliphatic heterocycles. The summed E-state index contributed by atoms with van der Waals surface area (Å²) in [5.74, 6) is 0.776. The molecule has 0 bridgehead atoms. The molecule has 3 aromatic rings. The van der Waals surface area contributed by atoms with E-state index in [0.717, 1.165) is 23.3 Å². The predicted molar refractivity (Wildman–Crippen MR) is 140 cm³/mol. The van der Waals surface area contributed by atoms with Gasteiger partial charge < -0.3 is 19.3 Å². The minimum Gasteiger partial charge on any atom is -0.497 e.